The molecule has 5 heteroatoms. The molecule has 0 radical (unpaired) electrons. The van der Waals surface area contributed by atoms with Gasteiger partial charge in [0.2, 0.25) is 0 Å². The van der Waals surface area contributed by atoms with Gasteiger partial charge in [0.1, 0.15) is 12.4 Å². The summed E-state index contributed by atoms with van der Waals surface area (Å²) in [4.78, 5) is 22.9. The van der Waals surface area contributed by atoms with Crippen molar-refractivity contribution in [3.05, 3.63) is 41.4 Å². The zero-order valence-electron chi connectivity index (χ0n) is 12.0. The van der Waals surface area contributed by atoms with Gasteiger partial charge in [0.15, 0.2) is 0 Å². The van der Waals surface area contributed by atoms with Crippen molar-refractivity contribution in [1.29, 1.82) is 0 Å². The summed E-state index contributed by atoms with van der Waals surface area (Å²) in [6.45, 7) is 2.28. The smallest absolute Gasteiger partial charge is 0.311 e. The van der Waals surface area contributed by atoms with Gasteiger partial charge >= 0.3 is 11.9 Å². The van der Waals surface area contributed by atoms with Crippen LogP contribution >= 0.6 is 11.6 Å². The maximum atomic E-state index is 11.6. The largest absolute Gasteiger partial charge is 0.461 e. The summed E-state index contributed by atoms with van der Waals surface area (Å²) in [5, 5.41) is 0.504. The number of rotatable bonds is 8. The predicted octanol–water partition coefficient (Wildman–Crippen LogP) is 3.93. The molecule has 1 aromatic carbocycles. The molecule has 0 aliphatic carbocycles. The molecule has 0 fully saturated rings. The molecule has 1 rings (SSSR count). The highest BCUT2D eigenvalue weighted by Crippen LogP contribution is 2.17. The summed E-state index contributed by atoms with van der Waals surface area (Å²) >= 11 is 5.79. The lowest BCUT2D eigenvalue weighted by Crippen LogP contribution is -2.10. The van der Waals surface area contributed by atoms with Crippen LogP contribution in [0.2, 0.25) is 5.02 Å². The number of ether oxygens (including phenoxy) is 2. The Morgan fingerprint density at radius 2 is 1.95 bits per heavy atom. The zero-order chi connectivity index (χ0) is 15.5. The van der Waals surface area contributed by atoms with Crippen molar-refractivity contribution in [2.75, 3.05) is 6.61 Å². The average molecular weight is 311 g/mol. The van der Waals surface area contributed by atoms with Crippen molar-refractivity contribution < 1.29 is 19.1 Å². The van der Waals surface area contributed by atoms with Gasteiger partial charge in [-0.25, -0.2) is 0 Å². The molecule has 0 amide bonds. The molecule has 21 heavy (non-hydrogen) atoms. The SMILES string of the molecule is CC/C=C/COC(=O)CCCC(=O)Oc1cccc(Cl)c1. The first-order valence-corrected chi connectivity index (χ1v) is 7.26. The van der Waals surface area contributed by atoms with Gasteiger partial charge in [-0.15, -0.1) is 0 Å². The zero-order valence-corrected chi connectivity index (χ0v) is 12.8. The molecular weight excluding hydrogens is 292 g/mol. The van der Waals surface area contributed by atoms with E-state index in [-0.39, 0.29) is 25.4 Å². The lowest BCUT2D eigenvalue weighted by atomic mass is 10.2. The fraction of sp³-hybridized carbons (Fsp3) is 0.375. The second-order valence-corrected chi connectivity index (χ2v) is 4.78. The van der Waals surface area contributed by atoms with Crippen LogP contribution in [0.1, 0.15) is 32.6 Å². The third kappa shape index (κ3) is 8.15. The van der Waals surface area contributed by atoms with E-state index in [1.165, 1.54) is 0 Å². The van der Waals surface area contributed by atoms with Crippen LogP contribution in [-0.2, 0) is 14.3 Å². The number of allylic oxidation sites excluding steroid dienone is 1. The second kappa shape index (κ2) is 10.00. The van der Waals surface area contributed by atoms with Crippen LogP contribution in [0.4, 0.5) is 0 Å². The molecule has 0 saturated heterocycles. The van der Waals surface area contributed by atoms with Crippen molar-refractivity contribution in [2.24, 2.45) is 0 Å². The average Bonchev–Trinajstić information content (AvgIpc) is 2.43. The lowest BCUT2D eigenvalue weighted by molar-refractivity contribution is -0.142. The Hall–Kier alpha value is -1.81. The molecule has 0 spiro atoms. The van der Waals surface area contributed by atoms with Gasteiger partial charge in [-0.2, -0.15) is 0 Å². The Morgan fingerprint density at radius 1 is 1.19 bits per heavy atom. The van der Waals surface area contributed by atoms with E-state index >= 15 is 0 Å². The number of hydrogen-bond acceptors (Lipinski definition) is 4. The molecule has 0 bridgehead atoms. The van der Waals surface area contributed by atoms with Gasteiger partial charge in [-0.1, -0.05) is 36.7 Å². The number of esters is 2. The second-order valence-electron chi connectivity index (χ2n) is 4.35. The van der Waals surface area contributed by atoms with E-state index in [1.54, 1.807) is 30.3 Å². The monoisotopic (exact) mass is 310 g/mol. The molecule has 0 heterocycles. The summed E-state index contributed by atoms with van der Waals surface area (Å²) in [5.41, 5.74) is 0. The molecule has 1 aromatic rings. The molecule has 0 aliphatic heterocycles. The molecule has 0 atom stereocenters. The minimum atomic E-state index is -0.393. The fourth-order valence-electron chi connectivity index (χ4n) is 1.54. The summed E-state index contributed by atoms with van der Waals surface area (Å²) in [5.74, 6) is -0.304. The predicted molar refractivity (Wildman–Crippen MR) is 81.3 cm³/mol. The van der Waals surface area contributed by atoms with Crippen LogP contribution < -0.4 is 4.74 Å². The van der Waals surface area contributed by atoms with Crippen LogP contribution in [0.3, 0.4) is 0 Å². The van der Waals surface area contributed by atoms with Crippen LogP contribution in [0, 0.1) is 0 Å². The summed E-state index contributed by atoms with van der Waals surface area (Å²) in [6.07, 6.45) is 5.39. The highest BCUT2D eigenvalue weighted by molar-refractivity contribution is 6.30. The van der Waals surface area contributed by atoms with Crippen LogP contribution in [-0.4, -0.2) is 18.5 Å². The summed E-state index contributed by atoms with van der Waals surface area (Å²) in [7, 11) is 0. The van der Waals surface area contributed by atoms with Crippen LogP contribution in [0.15, 0.2) is 36.4 Å². The van der Waals surface area contributed by atoms with Crippen molar-refractivity contribution in [2.45, 2.75) is 32.6 Å². The van der Waals surface area contributed by atoms with Gasteiger partial charge < -0.3 is 9.47 Å². The van der Waals surface area contributed by atoms with Gasteiger partial charge in [0.25, 0.3) is 0 Å². The van der Waals surface area contributed by atoms with Crippen LogP contribution in [0.25, 0.3) is 0 Å². The van der Waals surface area contributed by atoms with E-state index in [9.17, 15) is 9.59 Å². The van der Waals surface area contributed by atoms with E-state index in [0.717, 1.165) is 6.42 Å². The molecule has 114 valence electrons. The number of halogens is 1. The van der Waals surface area contributed by atoms with E-state index < -0.39 is 5.97 Å². The van der Waals surface area contributed by atoms with E-state index in [0.29, 0.717) is 17.2 Å². The number of carbonyl (C=O) groups is 2. The molecule has 0 unspecified atom stereocenters. The molecule has 4 nitrogen and oxygen atoms in total. The highest BCUT2D eigenvalue weighted by Gasteiger charge is 2.08. The van der Waals surface area contributed by atoms with Gasteiger partial charge in [-0.3, -0.25) is 9.59 Å². The minimum Gasteiger partial charge on any atom is -0.461 e. The Kier molecular flexibility index (Phi) is 8.21. The van der Waals surface area contributed by atoms with Crippen molar-refractivity contribution >= 4 is 23.5 Å². The minimum absolute atomic E-state index is 0.159. The topological polar surface area (TPSA) is 52.6 Å². The third-order valence-electron chi connectivity index (χ3n) is 2.53. The molecule has 0 N–H and O–H groups in total. The van der Waals surface area contributed by atoms with Crippen molar-refractivity contribution in [1.82, 2.24) is 0 Å². The first-order chi connectivity index (χ1) is 10.1. The lowest BCUT2D eigenvalue weighted by Gasteiger charge is -2.04. The maximum absolute atomic E-state index is 11.6. The maximum Gasteiger partial charge on any atom is 0.311 e. The molecule has 0 aromatic heterocycles. The number of benzene rings is 1. The Morgan fingerprint density at radius 3 is 2.67 bits per heavy atom. The standard InChI is InChI=1S/C16H19ClO4/c1-2-3-4-11-20-15(18)9-6-10-16(19)21-14-8-5-7-13(17)12-14/h3-5,7-8,12H,2,6,9-11H2,1H3/b4-3+. The quantitative estimate of drug-likeness (QED) is 0.415. The summed E-state index contributed by atoms with van der Waals surface area (Å²) in [6, 6.07) is 6.61. The first kappa shape index (κ1) is 17.2. The number of carbonyl (C=O) groups excluding carboxylic acids is 2. The van der Waals surface area contributed by atoms with E-state index in [1.807, 2.05) is 13.0 Å². The van der Waals surface area contributed by atoms with Gasteiger partial charge in [0.05, 0.1) is 0 Å². The normalized spacial score (nSPS) is 10.6. The molecule has 0 aliphatic rings. The Bertz CT molecular complexity index is 497. The van der Waals surface area contributed by atoms with Gasteiger partial charge in [0, 0.05) is 17.9 Å². The molecular formula is C16H19ClO4. The number of hydrogen-bond donors (Lipinski definition) is 0. The fourth-order valence-corrected chi connectivity index (χ4v) is 1.72. The Balaban J connectivity index is 2.18. The van der Waals surface area contributed by atoms with Crippen LogP contribution in [0.5, 0.6) is 5.75 Å². The highest BCUT2D eigenvalue weighted by atomic mass is 35.5. The van der Waals surface area contributed by atoms with Crippen molar-refractivity contribution in [3.63, 3.8) is 0 Å². The Labute approximate surface area is 129 Å². The summed E-state index contributed by atoms with van der Waals surface area (Å²) < 4.78 is 10.1. The first-order valence-electron chi connectivity index (χ1n) is 6.88. The van der Waals surface area contributed by atoms with Gasteiger partial charge in [-0.05, 0) is 31.0 Å². The molecule has 0 saturated carbocycles. The van der Waals surface area contributed by atoms with E-state index in [4.69, 9.17) is 21.1 Å². The third-order valence-corrected chi connectivity index (χ3v) is 2.77. The van der Waals surface area contributed by atoms with Crippen molar-refractivity contribution in [3.8, 4) is 5.75 Å². The van der Waals surface area contributed by atoms with E-state index in [2.05, 4.69) is 0 Å².